The molecule has 0 fully saturated rings. The Balaban J connectivity index is 1.63. The molecule has 3 aromatic rings. The first kappa shape index (κ1) is 16.6. The Bertz CT molecular complexity index is 1100. The van der Waals surface area contributed by atoms with Gasteiger partial charge < -0.3 is 5.32 Å². The molecule has 0 spiro atoms. The fraction of sp³-hybridized carbons (Fsp3) is 0.222. The number of sulfonamides is 1. The predicted molar refractivity (Wildman–Crippen MR) is 101 cm³/mol. The van der Waals surface area contributed by atoms with Gasteiger partial charge in [-0.2, -0.15) is 5.10 Å². The molecule has 0 atom stereocenters. The van der Waals surface area contributed by atoms with Crippen molar-refractivity contribution >= 4 is 38.3 Å². The van der Waals surface area contributed by atoms with E-state index < -0.39 is 10.0 Å². The van der Waals surface area contributed by atoms with E-state index in [1.54, 1.807) is 18.2 Å². The van der Waals surface area contributed by atoms with E-state index >= 15 is 0 Å². The summed E-state index contributed by atoms with van der Waals surface area (Å²) in [6.45, 7) is 0.469. The smallest absolute Gasteiger partial charge is 0.256 e. The number of aromatic amines is 1. The largest absolute Gasteiger partial charge is 0.305 e. The second-order valence-electron chi connectivity index (χ2n) is 6.35. The van der Waals surface area contributed by atoms with Crippen LogP contribution >= 0.6 is 0 Å². The van der Waals surface area contributed by atoms with Gasteiger partial charge in [-0.25, -0.2) is 8.42 Å². The van der Waals surface area contributed by atoms with Crippen LogP contribution in [0.1, 0.15) is 22.3 Å². The highest BCUT2D eigenvalue weighted by molar-refractivity contribution is 7.92. The van der Waals surface area contributed by atoms with Crippen LogP contribution in [0, 0.1) is 0 Å². The zero-order valence-electron chi connectivity index (χ0n) is 14.2. The summed E-state index contributed by atoms with van der Waals surface area (Å²) in [4.78, 5) is 12.6. The molecule has 0 bridgehead atoms. The topological polar surface area (TPSA) is 95.2 Å². The number of fused-ring (bicyclic) bond motifs is 2. The molecule has 2 heterocycles. The van der Waals surface area contributed by atoms with Gasteiger partial charge >= 0.3 is 0 Å². The summed E-state index contributed by atoms with van der Waals surface area (Å²) in [7, 11) is -3.32. The van der Waals surface area contributed by atoms with E-state index in [4.69, 9.17) is 0 Å². The van der Waals surface area contributed by atoms with Gasteiger partial charge in [-0.05, 0) is 48.7 Å². The number of aryl methyl sites for hydroxylation is 1. The molecular weight excluding hydrogens is 352 g/mol. The molecular formula is C18H18N4O3S. The maximum Gasteiger partial charge on any atom is 0.256 e. The van der Waals surface area contributed by atoms with Gasteiger partial charge in [0.2, 0.25) is 10.0 Å². The van der Waals surface area contributed by atoms with Gasteiger partial charge in [-0.3, -0.25) is 14.2 Å². The molecule has 1 aliphatic rings. The first-order chi connectivity index (χ1) is 12.4. The van der Waals surface area contributed by atoms with Crippen molar-refractivity contribution in [3.05, 3.63) is 53.6 Å². The standard InChI is InChI=1S/C18H18N4O3S/c1-26(24,25)22-10-4-5-12-11-13(8-9-16(12)22)18(23)19-17-14-6-2-3-7-15(14)20-21-17/h2-3,6-9,11H,4-5,10H2,1H3,(H2,19,20,21,23). The lowest BCUT2D eigenvalue weighted by Crippen LogP contribution is -2.34. The molecule has 8 heteroatoms. The van der Waals surface area contributed by atoms with Gasteiger partial charge in [0.25, 0.3) is 5.91 Å². The van der Waals surface area contributed by atoms with Crippen LogP contribution in [0.25, 0.3) is 10.9 Å². The van der Waals surface area contributed by atoms with E-state index in [1.807, 2.05) is 24.3 Å². The van der Waals surface area contributed by atoms with Crippen LogP contribution in [-0.4, -0.2) is 37.3 Å². The number of amides is 1. The average Bonchev–Trinajstić information content (AvgIpc) is 3.03. The second kappa shape index (κ2) is 6.14. The Morgan fingerprint density at radius 2 is 2.04 bits per heavy atom. The summed E-state index contributed by atoms with van der Waals surface area (Å²) < 4.78 is 25.3. The third-order valence-corrected chi connectivity index (χ3v) is 5.70. The Hall–Kier alpha value is -2.87. The van der Waals surface area contributed by atoms with E-state index in [0.717, 1.165) is 29.3 Å². The number of hydrogen-bond acceptors (Lipinski definition) is 4. The fourth-order valence-electron chi connectivity index (χ4n) is 3.29. The molecule has 0 saturated heterocycles. The highest BCUT2D eigenvalue weighted by Gasteiger charge is 2.24. The zero-order chi connectivity index (χ0) is 18.3. The molecule has 0 saturated carbocycles. The Morgan fingerprint density at radius 3 is 2.85 bits per heavy atom. The minimum Gasteiger partial charge on any atom is -0.305 e. The van der Waals surface area contributed by atoms with Gasteiger partial charge in [0, 0.05) is 17.5 Å². The summed E-state index contributed by atoms with van der Waals surface area (Å²) in [5.74, 6) is 0.197. The monoisotopic (exact) mass is 370 g/mol. The molecule has 2 aromatic carbocycles. The van der Waals surface area contributed by atoms with E-state index in [-0.39, 0.29) is 5.91 Å². The maximum absolute atomic E-state index is 12.6. The number of H-pyrrole nitrogens is 1. The summed E-state index contributed by atoms with van der Waals surface area (Å²) in [6, 6.07) is 12.6. The molecule has 7 nitrogen and oxygen atoms in total. The first-order valence-electron chi connectivity index (χ1n) is 8.28. The Kier molecular flexibility index (Phi) is 3.91. The number of nitrogens with zero attached hydrogens (tertiary/aromatic N) is 2. The lowest BCUT2D eigenvalue weighted by atomic mass is 10.0. The van der Waals surface area contributed by atoms with E-state index in [1.165, 1.54) is 10.6 Å². The third kappa shape index (κ3) is 2.92. The minimum absolute atomic E-state index is 0.276. The van der Waals surface area contributed by atoms with Crippen LogP contribution < -0.4 is 9.62 Å². The summed E-state index contributed by atoms with van der Waals surface area (Å²) in [5.41, 5.74) is 2.84. The third-order valence-electron chi connectivity index (χ3n) is 4.52. The number of para-hydroxylation sites is 1. The van der Waals surface area contributed by atoms with Crippen molar-refractivity contribution in [2.45, 2.75) is 12.8 Å². The number of rotatable bonds is 3. The number of carbonyl (C=O) groups excluding carboxylic acids is 1. The van der Waals surface area contributed by atoms with E-state index in [9.17, 15) is 13.2 Å². The quantitative estimate of drug-likeness (QED) is 0.741. The van der Waals surface area contributed by atoms with Gasteiger partial charge in [0.05, 0.1) is 17.5 Å². The SMILES string of the molecule is CS(=O)(=O)N1CCCc2cc(C(=O)Nc3n[nH]c4ccccc34)ccc21. The summed E-state index contributed by atoms with van der Waals surface area (Å²) >= 11 is 0. The van der Waals surface area contributed by atoms with Crippen LogP contribution in [0.4, 0.5) is 11.5 Å². The second-order valence-corrected chi connectivity index (χ2v) is 8.26. The first-order valence-corrected chi connectivity index (χ1v) is 10.1. The molecule has 0 unspecified atom stereocenters. The van der Waals surface area contributed by atoms with Crippen molar-refractivity contribution in [1.82, 2.24) is 10.2 Å². The molecule has 0 radical (unpaired) electrons. The molecule has 0 aliphatic carbocycles. The van der Waals surface area contributed by atoms with Gasteiger partial charge in [0.1, 0.15) is 0 Å². The van der Waals surface area contributed by atoms with Crippen molar-refractivity contribution in [3.63, 3.8) is 0 Å². The Labute approximate surface area is 151 Å². The van der Waals surface area contributed by atoms with Crippen molar-refractivity contribution in [2.24, 2.45) is 0 Å². The zero-order valence-corrected chi connectivity index (χ0v) is 15.0. The molecule has 1 amide bonds. The van der Waals surface area contributed by atoms with Crippen LogP contribution in [0.3, 0.4) is 0 Å². The van der Waals surface area contributed by atoms with Crippen molar-refractivity contribution < 1.29 is 13.2 Å². The number of aromatic nitrogens is 2. The van der Waals surface area contributed by atoms with Crippen molar-refractivity contribution in [1.29, 1.82) is 0 Å². The molecule has 2 N–H and O–H groups in total. The van der Waals surface area contributed by atoms with Gasteiger partial charge in [-0.15, -0.1) is 0 Å². The Morgan fingerprint density at radius 1 is 1.23 bits per heavy atom. The average molecular weight is 370 g/mol. The summed E-state index contributed by atoms with van der Waals surface area (Å²) in [5, 5.41) is 10.7. The number of nitrogens with one attached hydrogen (secondary N) is 2. The normalized spacial score (nSPS) is 14.3. The van der Waals surface area contributed by atoms with Crippen molar-refractivity contribution in [3.8, 4) is 0 Å². The molecule has 1 aromatic heterocycles. The van der Waals surface area contributed by atoms with Crippen LogP contribution in [0.2, 0.25) is 0 Å². The molecule has 4 rings (SSSR count). The maximum atomic E-state index is 12.6. The van der Waals surface area contributed by atoms with Crippen LogP contribution in [-0.2, 0) is 16.4 Å². The lowest BCUT2D eigenvalue weighted by molar-refractivity contribution is 0.102. The van der Waals surface area contributed by atoms with Gasteiger partial charge in [0.15, 0.2) is 5.82 Å². The van der Waals surface area contributed by atoms with Crippen molar-refractivity contribution in [2.75, 3.05) is 22.4 Å². The minimum atomic E-state index is -3.32. The highest BCUT2D eigenvalue weighted by atomic mass is 32.2. The number of hydrogen-bond donors (Lipinski definition) is 2. The van der Waals surface area contributed by atoms with Crippen LogP contribution in [0.15, 0.2) is 42.5 Å². The van der Waals surface area contributed by atoms with E-state index in [2.05, 4.69) is 15.5 Å². The predicted octanol–water partition coefficient (Wildman–Crippen LogP) is 2.53. The van der Waals surface area contributed by atoms with Crippen LogP contribution in [0.5, 0.6) is 0 Å². The number of benzene rings is 2. The summed E-state index contributed by atoms with van der Waals surface area (Å²) in [6.07, 6.45) is 2.67. The number of anilines is 2. The fourth-order valence-corrected chi connectivity index (χ4v) is 4.28. The lowest BCUT2D eigenvalue weighted by Gasteiger charge is -2.29. The molecule has 26 heavy (non-hydrogen) atoms. The highest BCUT2D eigenvalue weighted by Crippen LogP contribution is 2.30. The van der Waals surface area contributed by atoms with Gasteiger partial charge in [-0.1, -0.05) is 12.1 Å². The van der Waals surface area contributed by atoms with E-state index in [0.29, 0.717) is 23.6 Å². The number of carbonyl (C=O) groups is 1. The molecule has 1 aliphatic heterocycles. The molecule has 134 valence electrons.